The van der Waals surface area contributed by atoms with Crippen LogP contribution in [0, 0.1) is 0 Å². The van der Waals surface area contributed by atoms with E-state index < -0.39 is 10.0 Å². The lowest BCUT2D eigenvalue weighted by Gasteiger charge is -2.19. The molecule has 0 radical (unpaired) electrons. The van der Waals surface area contributed by atoms with Gasteiger partial charge in [0.15, 0.2) is 0 Å². The van der Waals surface area contributed by atoms with E-state index in [1.165, 1.54) is 9.87 Å². The third-order valence-corrected chi connectivity index (χ3v) is 7.83. The summed E-state index contributed by atoms with van der Waals surface area (Å²) in [5.74, 6) is -0.165. The lowest BCUT2D eigenvalue weighted by atomic mass is 10.1. The fourth-order valence-electron chi connectivity index (χ4n) is 3.54. The molecule has 0 heterocycles. The monoisotopic (exact) mass is 404 g/mol. The van der Waals surface area contributed by atoms with E-state index >= 15 is 0 Å². The van der Waals surface area contributed by atoms with Crippen LogP contribution in [-0.2, 0) is 16.4 Å². The average Bonchev–Trinajstić information content (AvgIpc) is 3.45. The standard InChI is InChI=1S/C20H21ClN2O3S/c1-23(27(25,26)17-8-9-17)16-6-2-13(3-7-16)20(24)22-19-11-4-14-12-15(21)5-10-18(14)19/h2-3,5-7,10,12,17,19H,4,8-9,11H2,1H3,(H,22,24)/t19-/m1/s1. The highest BCUT2D eigenvalue weighted by molar-refractivity contribution is 7.93. The van der Waals surface area contributed by atoms with Crippen molar-refractivity contribution in [1.29, 1.82) is 0 Å². The minimum absolute atomic E-state index is 0.0256. The summed E-state index contributed by atoms with van der Waals surface area (Å²) in [6.45, 7) is 0. The molecule has 0 spiro atoms. The van der Waals surface area contributed by atoms with E-state index in [2.05, 4.69) is 5.32 Å². The van der Waals surface area contributed by atoms with Gasteiger partial charge in [0.05, 0.1) is 17.0 Å². The number of amides is 1. The maximum atomic E-state index is 12.6. The number of nitrogens with zero attached hydrogens (tertiary/aromatic N) is 1. The van der Waals surface area contributed by atoms with Gasteiger partial charge in [0.25, 0.3) is 5.91 Å². The summed E-state index contributed by atoms with van der Waals surface area (Å²) in [5.41, 5.74) is 3.37. The predicted molar refractivity (Wildman–Crippen MR) is 107 cm³/mol. The fourth-order valence-corrected chi connectivity index (χ4v) is 5.33. The van der Waals surface area contributed by atoms with Crippen LogP contribution in [0.2, 0.25) is 5.02 Å². The molecule has 4 rings (SSSR count). The van der Waals surface area contributed by atoms with Crippen molar-refractivity contribution in [1.82, 2.24) is 5.32 Å². The molecule has 0 aromatic heterocycles. The maximum absolute atomic E-state index is 12.6. The predicted octanol–water partition coefficient (Wildman–Crippen LogP) is 3.69. The van der Waals surface area contributed by atoms with Crippen molar-refractivity contribution in [3.8, 4) is 0 Å². The van der Waals surface area contributed by atoms with Crippen LogP contribution in [0.25, 0.3) is 0 Å². The lowest BCUT2D eigenvalue weighted by molar-refractivity contribution is 0.0936. The largest absolute Gasteiger partial charge is 0.345 e. The number of hydrogen-bond donors (Lipinski definition) is 1. The first-order valence-corrected chi connectivity index (χ1v) is 10.9. The van der Waals surface area contributed by atoms with E-state index in [-0.39, 0.29) is 17.2 Å². The van der Waals surface area contributed by atoms with E-state index in [1.54, 1.807) is 31.3 Å². The minimum Gasteiger partial charge on any atom is -0.345 e. The molecule has 27 heavy (non-hydrogen) atoms. The van der Waals surface area contributed by atoms with Crippen LogP contribution < -0.4 is 9.62 Å². The first kappa shape index (κ1) is 18.3. The molecular weight excluding hydrogens is 384 g/mol. The molecule has 1 N–H and O–H groups in total. The molecule has 2 aromatic carbocycles. The lowest BCUT2D eigenvalue weighted by Crippen LogP contribution is -2.30. The van der Waals surface area contributed by atoms with Gasteiger partial charge in [-0.05, 0) is 73.2 Å². The first-order valence-electron chi connectivity index (χ1n) is 9.03. The molecule has 1 saturated carbocycles. The quantitative estimate of drug-likeness (QED) is 0.826. The van der Waals surface area contributed by atoms with E-state index in [0.717, 1.165) is 31.2 Å². The highest BCUT2D eigenvalue weighted by atomic mass is 35.5. The van der Waals surface area contributed by atoms with Gasteiger partial charge < -0.3 is 5.32 Å². The summed E-state index contributed by atoms with van der Waals surface area (Å²) in [6, 6.07) is 12.4. The van der Waals surface area contributed by atoms with Gasteiger partial charge >= 0.3 is 0 Å². The summed E-state index contributed by atoms with van der Waals surface area (Å²) in [4.78, 5) is 12.6. The van der Waals surface area contributed by atoms with E-state index in [0.29, 0.717) is 16.3 Å². The molecule has 0 saturated heterocycles. The summed E-state index contributed by atoms with van der Waals surface area (Å²) in [6.07, 6.45) is 3.19. The number of carbonyl (C=O) groups excluding carboxylic acids is 1. The Morgan fingerprint density at radius 3 is 2.48 bits per heavy atom. The van der Waals surface area contributed by atoms with Crippen molar-refractivity contribution < 1.29 is 13.2 Å². The topological polar surface area (TPSA) is 66.5 Å². The number of aryl methyl sites for hydroxylation is 1. The number of fused-ring (bicyclic) bond motifs is 1. The van der Waals surface area contributed by atoms with Crippen LogP contribution in [0.4, 0.5) is 5.69 Å². The van der Waals surface area contributed by atoms with Crippen LogP contribution in [0.5, 0.6) is 0 Å². The summed E-state index contributed by atoms with van der Waals surface area (Å²) >= 11 is 6.03. The number of hydrogen-bond acceptors (Lipinski definition) is 3. The van der Waals surface area contributed by atoms with E-state index in [1.807, 2.05) is 18.2 Å². The van der Waals surface area contributed by atoms with E-state index in [9.17, 15) is 13.2 Å². The van der Waals surface area contributed by atoms with Gasteiger partial charge in [-0.1, -0.05) is 17.7 Å². The highest BCUT2D eigenvalue weighted by Gasteiger charge is 2.38. The van der Waals surface area contributed by atoms with Crippen molar-refractivity contribution in [2.24, 2.45) is 0 Å². The number of benzene rings is 2. The Labute approximate surface area is 164 Å². The Balaban J connectivity index is 1.46. The zero-order chi connectivity index (χ0) is 19.2. The number of carbonyl (C=O) groups is 1. The summed E-state index contributed by atoms with van der Waals surface area (Å²) in [7, 11) is -1.73. The Morgan fingerprint density at radius 1 is 1.11 bits per heavy atom. The Hall–Kier alpha value is -2.05. The van der Waals surface area contributed by atoms with Crippen LogP contribution in [0.3, 0.4) is 0 Å². The summed E-state index contributed by atoms with van der Waals surface area (Å²) < 4.78 is 25.9. The first-order chi connectivity index (χ1) is 12.9. The Kier molecular flexibility index (Phi) is 4.64. The van der Waals surface area contributed by atoms with Gasteiger partial charge in [-0.2, -0.15) is 0 Å². The molecule has 5 nitrogen and oxygen atoms in total. The number of halogens is 1. The number of nitrogens with one attached hydrogen (secondary N) is 1. The normalized spacial score (nSPS) is 18.8. The molecular formula is C20H21ClN2O3S. The molecule has 2 aliphatic carbocycles. The minimum atomic E-state index is -3.29. The number of rotatable bonds is 5. The third kappa shape index (κ3) is 3.56. The molecule has 0 aliphatic heterocycles. The van der Waals surface area contributed by atoms with Crippen LogP contribution in [-0.4, -0.2) is 26.6 Å². The Morgan fingerprint density at radius 2 is 1.81 bits per heavy atom. The van der Waals surface area contributed by atoms with Crippen LogP contribution in [0.1, 0.15) is 46.8 Å². The third-order valence-electron chi connectivity index (χ3n) is 5.31. The van der Waals surface area contributed by atoms with Gasteiger partial charge in [-0.25, -0.2) is 8.42 Å². The fraction of sp³-hybridized carbons (Fsp3) is 0.350. The van der Waals surface area contributed by atoms with Gasteiger partial charge in [0.1, 0.15) is 0 Å². The molecule has 1 atom stereocenters. The van der Waals surface area contributed by atoms with Crippen molar-refractivity contribution in [3.05, 3.63) is 64.2 Å². The van der Waals surface area contributed by atoms with Crippen molar-refractivity contribution in [3.63, 3.8) is 0 Å². The smallest absolute Gasteiger partial charge is 0.251 e. The van der Waals surface area contributed by atoms with Crippen LogP contribution >= 0.6 is 11.6 Å². The number of sulfonamides is 1. The second-order valence-corrected chi connectivity index (χ2v) is 9.85. The van der Waals surface area contributed by atoms with Crippen molar-refractivity contribution in [2.45, 2.75) is 37.0 Å². The Bertz CT molecular complexity index is 985. The van der Waals surface area contributed by atoms with Crippen molar-refractivity contribution >= 4 is 33.2 Å². The zero-order valence-electron chi connectivity index (χ0n) is 15.0. The van der Waals surface area contributed by atoms with Gasteiger partial charge in [0.2, 0.25) is 10.0 Å². The molecule has 1 fully saturated rings. The van der Waals surface area contributed by atoms with Gasteiger partial charge in [0, 0.05) is 17.6 Å². The average molecular weight is 405 g/mol. The summed E-state index contributed by atoms with van der Waals surface area (Å²) in [5, 5.41) is 3.51. The molecule has 7 heteroatoms. The highest BCUT2D eigenvalue weighted by Crippen LogP contribution is 2.34. The van der Waals surface area contributed by atoms with Crippen molar-refractivity contribution in [2.75, 3.05) is 11.4 Å². The zero-order valence-corrected chi connectivity index (χ0v) is 16.6. The molecule has 0 unspecified atom stereocenters. The second kappa shape index (κ2) is 6.84. The SMILES string of the molecule is CN(c1ccc(C(=O)N[C@@H]2CCc3cc(Cl)ccc32)cc1)S(=O)(=O)C1CC1. The molecule has 1 amide bonds. The molecule has 0 bridgehead atoms. The molecule has 2 aliphatic rings. The van der Waals surface area contributed by atoms with E-state index in [4.69, 9.17) is 11.6 Å². The van der Waals surface area contributed by atoms with Gasteiger partial charge in [-0.3, -0.25) is 9.10 Å². The number of anilines is 1. The molecule has 142 valence electrons. The second-order valence-electron chi connectivity index (χ2n) is 7.17. The maximum Gasteiger partial charge on any atom is 0.251 e. The molecule has 2 aromatic rings. The van der Waals surface area contributed by atoms with Crippen LogP contribution in [0.15, 0.2) is 42.5 Å². The van der Waals surface area contributed by atoms with Gasteiger partial charge in [-0.15, -0.1) is 0 Å².